The maximum Gasteiger partial charge on any atom is 0.147 e. The third kappa shape index (κ3) is 1.79. The van der Waals surface area contributed by atoms with Gasteiger partial charge in [-0.1, -0.05) is 5.16 Å². The van der Waals surface area contributed by atoms with E-state index < -0.39 is 0 Å². The molecule has 2 aromatic rings. The van der Waals surface area contributed by atoms with E-state index in [9.17, 15) is 0 Å². The van der Waals surface area contributed by atoms with E-state index in [2.05, 4.69) is 15.0 Å². The van der Waals surface area contributed by atoms with Gasteiger partial charge in [-0.25, -0.2) is 0 Å². The van der Waals surface area contributed by atoms with Crippen molar-refractivity contribution in [1.82, 2.24) is 5.16 Å². The van der Waals surface area contributed by atoms with Gasteiger partial charge in [-0.3, -0.25) is 0 Å². The maximum atomic E-state index is 5.54. The van der Waals surface area contributed by atoms with E-state index in [4.69, 9.17) is 5.73 Å². The van der Waals surface area contributed by atoms with Gasteiger partial charge in [-0.2, -0.15) is 0 Å². The molecule has 0 atom stereocenters. The SMILES string of the molecule is Nc1ccc(Nc2cnoc2)cc1. The highest BCUT2D eigenvalue weighted by Crippen LogP contribution is 2.16. The van der Waals surface area contributed by atoms with E-state index in [1.54, 1.807) is 6.20 Å². The summed E-state index contributed by atoms with van der Waals surface area (Å²) in [5.74, 6) is 0. The topological polar surface area (TPSA) is 64.1 Å². The molecule has 0 aliphatic carbocycles. The van der Waals surface area contributed by atoms with Crippen molar-refractivity contribution in [2.75, 3.05) is 11.1 Å². The predicted octanol–water partition coefficient (Wildman–Crippen LogP) is 2.00. The second kappa shape index (κ2) is 3.18. The summed E-state index contributed by atoms with van der Waals surface area (Å²) in [5.41, 5.74) is 8.07. The first-order valence-corrected chi connectivity index (χ1v) is 3.86. The van der Waals surface area contributed by atoms with E-state index in [-0.39, 0.29) is 0 Å². The van der Waals surface area contributed by atoms with E-state index in [0.717, 1.165) is 17.1 Å². The molecule has 66 valence electrons. The maximum absolute atomic E-state index is 5.54. The van der Waals surface area contributed by atoms with Crippen LogP contribution in [0.3, 0.4) is 0 Å². The van der Waals surface area contributed by atoms with Crippen LogP contribution < -0.4 is 11.1 Å². The fraction of sp³-hybridized carbons (Fsp3) is 0. The van der Waals surface area contributed by atoms with Crippen LogP contribution in [0.5, 0.6) is 0 Å². The van der Waals surface area contributed by atoms with Crippen LogP contribution in [-0.2, 0) is 0 Å². The largest absolute Gasteiger partial charge is 0.399 e. The van der Waals surface area contributed by atoms with Crippen LogP contribution in [-0.4, -0.2) is 5.16 Å². The van der Waals surface area contributed by atoms with Crippen LogP contribution in [0.1, 0.15) is 0 Å². The van der Waals surface area contributed by atoms with Crippen molar-refractivity contribution >= 4 is 17.1 Å². The lowest BCUT2D eigenvalue weighted by atomic mass is 10.3. The number of rotatable bonds is 2. The van der Waals surface area contributed by atoms with Gasteiger partial charge in [0.2, 0.25) is 0 Å². The van der Waals surface area contributed by atoms with Gasteiger partial charge in [-0.05, 0) is 24.3 Å². The number of nitrogens with zero attached hydrogens (tertiary/aromatic N) is 1. The Hall–Kier alpha value is -1.97. The fourth-order valence-electron chi connectivity index (χ4n) is 1.000. The average molecular weight is 175 g/mol. The lowest BCUT2D eigenvalue weighted by Gasteiger charge is -2.01. The molecule has 0 unspecified atom stereocenters. The van der Waals surface area contributed by atoms with Crippen LogP contribution in [0, 0.1) is 0 Å². The van der Waals surface area contributed by atoms with Gasteiger partial charge in [-0.15, -0.1) is 0 Å². The van der Waals surface area contributed by atoms with E-state index in [1.807, 2.05) is 24.3 Å². The summed E-state index contributed by atoms with van der Waals surface area (Å²) < 4.78 is 4.67. The highest BCUT2D eigenvalue weighted by molar-refractivity contribution is 5.59. The summed E-state index contributed by atoms with van der Waals surface area (Å²) in [7, 11) is 0. The Morgan fingerprint density at radius 3 is 2.54 bits per heavy atom. The molecule has 3 N–H and O–H groups in total. The molecular weight excluding hydrogens is 166 g/mol. The van der Waals surface area contributed by atoms with Crippen molar-refractivity contribution in [3.63, 3.8) is 0 Å². The minimum absolute atomic E-state index is 0.746. The Morgan fingerprint density at radius 1 is 1.15 bits per heavy atom. The van der Waals surface area contributed by atoms with Crippen LogP contribution in [0.2, 0.25) is 0 Å². The van der Waals surface area contributed by atoms with Crippen molar-refractivity contribution in [2.24, 2.45) is 0 Å². The molecule has 0 aliphatic rings. The number of nitrogen functional groups attached to an aromatic ring is 1. The summed E-state index contributed by atoms with van der Waals surface area (Å²) in [6.45, 7) is 0. The molecular formula is C9H9N3O. The zero-order chi connectivity index (χ0) is 9.10. The van der Waals surface area contributed by atoms with Crippen LogP contribution in [0.4, 0.5) is 17.1 Å². The number of nitrogens with two attached hydrogens (primary N) is 1. The molecule has 0 saturated heterocycles. The molecule has 0 saturated carbocycles. The standard InChI is InChI=1S/C9H9N3O/c10-7-1-3-8(4-2-7)12-9-5-11-13-6-9/h1-6,12H,10H2. The number of nitrogens with one attached hydrogen (secondary N) is 1. The second-order valence-electron chi connectivity index (χ2n) is 2.66. The van der Waals surface area contributed by atoms with Gasteiger partial charge in [0.25, 0.3) is 0 Å². The molecule has 0 amide bonds. The number of hydrogen-bond acceptors (Lipinski definition) is 4. The van der Waals surface area contributed by atoms with Gasteiger partial charge in [0, 0.05) is 11.4 Å². The lowest BCUT2D eigenvalue weighted by Crippen LogP contribution is -1.89. The second-order valence-corrected chi connectivity index (χ2v) is 2.66. The van der Waals surface area contributed by atoms with Crippen molar-refractivity contribution in [3.05, 3.63) is 36.7 Å². The zero-order valence-corrected chi connectivity index (χ0v) is 6.90. The van der Waals surface area contributed by atoms with E-state index >= 15 is 0 Å². The molecule has 13 heavy (non-hydrogen) atoms. The molecule has 1 aromatic carbocycles. The molecule has 4 heteroatoms. The molecule has 0 fully saturated rings. The molecule has 4 nitrogen and oxygen atoms in total. The first kappa shape index (κ1) is 7.67. The molecule has 2 rings (SSSR count). The normalized spacial score (nSPS) is 9.85. The highest BCUT2D eigenvalue weighted by atomic mass is 16.5. The Balaban J connectivity index is 2.15. The van der Waals surface area contributed by atoms with E-state index in [0.29, 0.717) is 0 Å². The van der Waals surface area contributed by atoms with Crippen molar-refractivity contribution in [3.8, 4) is 0 Å². The van der Waals surface area contributed by atoms with E-state index in [1.165, 1.54) is 6.26 Å². The summed E-state index contributed by atoms with van der Waals surface area (Å²) in [6, 6.07) is 7.44. The molecule has 0 radical (unpaired) electrons. The first-order valence-electron chi connectivity index (χ1n) is 3.86. The summed E-state index contributed by atoms with van der Waals surface area (Å²) in [5, 5.41) is 6.67. The highest BCUT2D eigenvalue weighted by Gasteiger charge is 1.95. The molecule has 1 aromatic heterocycles. The molecule has 1 heterocycles. The summed E-state index contributed by atoms with van der Waals surface area (Å²) >= 11 is 0. The van der Waals surface area contributed by atoms with Crippen LogP contribution in [0.25, 0.3) is 0 Å². The van der Waals surface area contributed by atoms with Gasteiger partial charge in [0.1, 0.15) is 6.26 Å². The minimum atomic E-state index is 0.746. The quantitative estimate of drug-likeness (QED) is 0.685. The van der Waals surface area contributed by atoms with Crippen LogP contribution >= 0.6 is 0 Å². The zero-order valence-electron chi connectivity index (χ0n) is 6.90. The van der Waals surface area contributed by atoms with Gasteiger partial charge in [0.15, 0.2) is 0 Å². The van der Waals surface area contributed by atoms with Crippen molar-refractivity contribution in [1.29, 1.82) is 0 Å². The van der Waals surface area contributed by atoms with Crippen molar-refractivity contribution < 1.29 is 4.52 Å². The molecule has 0 bridgehead atoms. The van der Waals surface area contributed by atoms with Gasteiger partial charge < -0.3 is 15.6 Å². The number of anilines is 3. The Labute approximate surface area is 75.3 Å². The smallest absolute Gasteiger partial charge is 0.147 e. The fourth-order valence-corrected chi connectivity index (χ4v) is 1.000. The van der Waals surface area contributed by atoms with Gasteiger partial charge >= 0.3 is 0 Å². The molecule has 0 aliphatic heterocycles. The van der Waals surface area contributed by atoms with Crippen molar-refractivity contribution in [2.45, 2.75) is 0 Å². The summed E-state index contributed by atoms with van der Waals surface area (Å²) in [4.78, 5) is 0. The van der Waals surface area contributed by atoms with Crippen LogP contribution in [0.15, 0.2) is 41.2 Å². The number of hydrogen-bond donors (Lipinski definition) is 2. The number of benzene rings is 1. The predicted molar refractivity (Wildman–Crippen MR) is 50.6 cm³/mol. The Kier molecular flexibility index (Phi) is 1.88. The Morgan fingerprint density at radius 2 is 1.92 bits per heavy atom. The summed E-state index contributed by atoms with van der Waals surface area (Å²) in [6.07, 6.45) is 3.15. The molecule has 0 spiro atoms. The third-order valence-corrected chi connectivity index (χ3v) is 1.63. The van der Waals surface area contributed by atoms with Gasteiger partial charge in [0.05, 0.1) is 11.9 Å². The average Bonchev–Trinajstić information content (AvgIpc) is 2.62. The first-order chi connectivity index (χ1) is 6.34. The third-order valence-electron chi connectivity index (χ3n) is 1.63. The minimum Gasteiger partial charge on any atom is -0.399 e. The Bertz CT molecular complexity index is 366. The number of aromatic nitrogens is 1. The lowest BCUT2D eigenvalue weighted by molar-refractivity contribution is 0.420. The monoisotopic (exact) mass is 175 g/mol.